The molecule has 1 aliphatic heterocycles. The Kier molecular flexibility index (Phi) is 6.28. The largest absolute Gasteiger partial charge is 0.504 e. The molecule has 1 aliphatic rings. The number of nitrogens with zero attached hydrogens (tertiary/aromatic N) is 2. The summed E-state index contributed by atoms with van der Waals surface area (Å²) in [6.07, 6.45) is 4.79. The van der Waals surface area contributed by atoms with E-state index >= 15 is 0 Å². The quantitative estimate of drug-likeness (QED) is 0.784. The van der Waals surface area contributed by atoms with Crippen LogP contribution in [-0.2, 0) is 12.8 Å². The Morgan fingerprint density at radius 3 is 2.59 bits per heavy atom. The average molecular weight is 304 g/mol. The first-order valence-corrected chi connectivity index (χ1v) is 8.04. The highest BCUT2D eigenvalue weighted by atomic mass is 16.5. The van der Waals surface area contributed by atoms with Crippen LogP contribution in [0.25, 0.3) is 0 Å². The van der Waals surface area contributed by atoms with Crippen LogP contribution in [0, 0.1) is 0 Å². The Balaban J connectivity index is 1.93. The van der Waals surface area contributed by atoms with Crippen LogP contribution in [0.3, 0.4) is 0 Å². The second-order valence-electron chi connectivity index (χ2n) is 6.03. The number of aromatic hydroxyl groups is 1. The molecule has 0 saturated carbocycles. The topological polar surface area (TPSA) is 35.9 Å². The lowest BCUT2D eigenvalue weighted by molar-refractivity contribution is 0.153. The van der Waals surface area contributed by atoms with Gasteiger partial charge in [0.15, 0.2) is 11.5 Å². The molecule has 0 atom stereocenters. The van der Waals surface area contributed by atoms with Crippen molar-refractivity contribution in [1.82, 2.24) is 9.80 Å². The van der Waals surface area contributed by atoms with Gasteiger partial charge in [-0.05, 0) is 56.1 Å². The lowest BCUT2D eigenvalue weighted by Gasteiger charge is -2.32. The van der Waals surface area contributed by atoms with Gasteiger partial charge in [0, 0.05) is 26.2 Å². The Bertz CT molecular complexity index is 494. The molecular formula is C18H28N2O2. The number of hydrogen-bond acceptors (Lipinski definition) is 4. The minimum atomic E-state index is 0.227. The van der Waals surface area contributed by atoms with Crippen LogP contribution in [0.2, 0.25) is 0 Å². The first-order valence-electron chi connectivity index (χ1n) is 8.04. The highest BCUT2D eigenvalue weighted by Crippen LogP contribution is 2.30. The van der Waals surface area contributed by atoms with E-state index in [1.165, 1.54) is 11.1 Å². The standard InChI is InChI=1S/C18H28N2O2/c1-4-6-15-14-18(22-3)17(21)13-16(15)7-5-8-20-11-9-19(2)10-12-20/h4,13-14,21H,1,5-12H2,2-3H3. The molecule has 2 rings (SSSR count). The maximum Gasteiger partial charge on any atom is 0.160 e. The molecule has 1 saturated heterocycles. The molecule has 0 radical (unpaired) electrons. The fourth-order valence-electron chi connectivity index (χ4n) is 2.96. The third kappa shape index (κ3) is 4.49. The van der Waals surface area contributed by atoms with E-state index in [1.807, 2.05) is 18.2 Å². The second-order valence-corrected chi connectivity index (χ2v) is 6.03. The van der Waals surface area contributed by atoms with E-state index in [9.17, 15) is 5.11 Å². The van der Waals surface area contributed by atoms with Crippen molar-refractivity contribution in [2.45, 2.75) is 19.3 Å². The summed E-state index contributed by atoms with van der Waals surface area (Å²) >= 11 is 0. The van der Waals surface area contributed by atoms with Crippen molar-refractivity contribution in [2.75, 3.05) is 46.9 Å². The van der Waals surface area contributed by atoms with Gasteiger partial charge in [0.1, 0.15) is 0 Å². The lowest BCUT2D eigenvalue weighted by Crippen LogP contribution is -2.44. The third-order valence-corrected chi connectivity index (χ3v) is 4.38. The van der Waals surface area contributed by atoms with Crippen molar-refractivity contribution in [2.24, 2.45) is 0 Å². The molecule has 1 fully saturated rings. The second kappa shape index (κ2) is 8.20. The van der Waals surface area contributed by atoms with Crippen molar-refractivity contribution in [1.29, 1.82) is 0 Å². The van der Waals surface area contributed by atoms with Crippen LogP contribution in [0.5, 0.6) is 11.5 Å². The SMILES string of the molecule is C=CCc1cc(OC)c(O)cc1CCCN1CCN(C)CC1. The summed E-state index contributed by atoms with van der Waals surface area (Å²) in [5, 5.41) is 9.99. The summed E-state index contributed by atoms with van der Waals surface area (Å²) in [6.45, 7) is 9.57. The zero-order chi connectivity index (χ0) is 15.9. The van der Waals surface area contributed by atoms with Crippen molar-refractivity contribution < 1.29 is 9.84 Å². The minimum Gasteiger partial charge on any atom is -0.504 e. The molecule has 1 heterocycles. The van der Waals surface area contributed by atoms with Gasteiger partial charge in [-0.25, -0.2) is 0 Å². The summed E-state index contributed by atoms with van der Waals surface area (Å²) in [5.41, 5.74) is 2.40. The molecule has 0 aromatic heterocycles. The number of methoxy groups -OCH3 is 1. The molecule has 22 heavy (non-hydrogen) atoms. The van der Waals surface area contributed by atoms with Gasteiger partial charge >= 0.3 is 0 Å². The number of phenolic OH excluding ortho intramolecular Hbond substituents is 1. The van der Waals surface area contributed by atoms with Crippen molar-refractivity contribution >= 4 is 0 Å². The van der Waals surface area contributed by atoms with Gasteiger partial charge in [0.25, 0.3) is 0 Å². The number of phenols is 1. The number of piperazine rings is 1. The average Bonchev–Trinajstić information content (AvgIpc) is 2.51. The Morgan fingerprint density at radius 2 is 1.95 bits per heavy atom. The molecule has 0 unspecified atom stereocenters. The predicted octanol–water partition coefficient (Wildman–Crippen LogP) is 2.31. The van der Waals surface area contributed by atoms with Gasteiger partial charge in [0.05, 0.1) is 7.11 Å². The highest BCUT2D eigenvalue weighted by molar-refractivity contribution is 5.47. The Hall–Kier alpha value is -1.52. The minimum absolute atomic E-state index is 0.227. The van der Waals surface area contributed by atoms with Gasteiger partial charge in [-0.15, -0.1) is 6.58 Å². The Labute approximate surface area is 134 Å². The fourth-order valence-corrected chi connectivity index (χ4v) is 2.96. The smallest absolute Gasteiger partial charge is 0.160 e. The molecule has 0 bridgehead atoms. The number of hydrogen-bond donors (Lipinski definition) is 1. The van der Waals surface area contributed by atoms with Crippen LogP contribution < -0.4 is 4.74 Å². The fraction of sp³-hybridized carbons (Fsp3) is 0.556. The molecule has 1 aromatic carbocycles. The number of likely N-dealkylation sites (N-methyl/N-ethyl adjacent to an activating group) is 1. The number of benzene rings is 1. The number of allylic oxidation sites excluding steroid dienone is 1. The highest BCUT2D eigenvalue weighted by Gasteiger charge is 2.14. The van der Waals surface area contributed by atoms with E-state index in [0.717, 1.165) is 52.0 Å². The number of rotatable bonds is 7. The lowest BCUT2D eigenvalue weighted by atomic mass is 9.99. The first-order chi connectivity index (χ1) is 10.6. The molecule has 0 aliphatic carbocycles. The molecule has 4 heteroatoms. The van der Waals surface area contributed by atoms with Crippen molar-refractivity contribution in [3.8, 4) is 11.5 Å². The van der Waals surface area contributed by atoms with E-state index in [0.29, 0.717) is 5.75 Å². The summed E-state index contributed by atoms with van der Waals surface area (Å²) in [7, 11) is 3.76. The monoisotopic (exact) mass is 304 g/mol. The van der Waals surface area contributed by atoms with E-state index in [2.05, 4.69) is 23.4 Å². The third-order valence-electron chi connectivity index (χ3n) is 4.38. The van der Waals surface area contributed by atoms with E-state index in [-0.39, 0.29) is 5.75 Å². The van der Waals surface area contributed by atoms with Crippen molar-refractivity contribution in [3.05, 3.63) is 35.9 Å². The van der Waals surface area contributed by atoms with E-state index in [1.54, 1.807) is 7.11 Å². The zero-order valence-corrected chi connectivity index (χ0v) is 13.8. The molecule has 1 aromatic rings. The summed E-state index contributed by atoms with van der Waals surface area (Å²) < 4.78 is 5.20. The van der Waals surface area contributed by atoms with Crippen LogP contribution in [-0.4, -0.2) is 61.8 Å². The van der Waals surface area contributed by atoms with Crippen molar-refractivity contribution in [3.63, 3.8) is 0 Å². The maximum atomic E-state index is 9.99. The van der Waals surface area contributed by atoms with E-state index in [4.69, 9.17) is 4.74 Å². The summed E-state index contributed by atoms with van der Waals surface area (Å²) in [6, 6.07) is 3.78. The molecular weight excluding hydrogens is 276 g/mol. The summed E-state index contributed by atoms with van der Waals surface area (Å²) in [5.74, 6) is 0.768. The predicted molar refractivity (Wildman–Crippen MR) is 90.8 cm³/mol. The van der Waals surface area contributed by atoms with Crippen LogP contribution in [0.1, 0.15) is 17.5 Å². The molecule has 1 N–H and O–H groups in total. The zero-order valence-electron chi connectivity index (χ0n) is 13.8. The number of ether oxygens (including phenoxy) is 1. The van der Waals surface area contributed by atoms with Crippen LogP contribution in [0.4, 0.5) is 0 Å². The normalized spacial score (nSPS) is 16.6. The molecule has 0 amide bonds. The summed E-state index contributed by atoms with van der Waals surface area (Å²) in [4.78, 5) is 4.90. The van der Waals surface area contributed by atoms with Gasteiger partial charge in [0.2, 0.25) is 0 Å². The Morgan fingerprint density at radius 1 is 1.23 bits per heavy atom. The van der Waals surface area contributed by atoms with Gasteiger partial charge in [-0.3, -0.25) is 0 Å². The molecule has 122 valence electrons. The van der Waals surface area contributed by atoms with E-state index < -0.39 is 0 Å². The first kappa shape index (κ1) is 16.8. The van der Waals surface area contributed by atoms with Gasteiger partial charge in [-0.2, -0.15) is 0 Å². The van der Waals surface area contributed by atoms with Crippen LogP contribution >= 0.6 is 0 Å². The van der Waals surface area contributed by atoms with Crippen LogP contribution in [0.15, 0.2) is 24.8 Å². The molecule has 0 spiro atoms. The van der Waals surface area contributed by atoms with Gasteiger partial charge in [-0.1, -0.05) is 6.08 Å². The van der Waals surface area contributed by atoms with Gasteiger partial charge < -0.3 is 19.6 Å². The number of aryl methyl sites for hydroxylation is 1. The molecule has 4 nitrogen and oxygen atoms in total. The maximum absolute atomic E-state index is 9.99.